The average molecular weight is 415 g/mol. The fraction of sp³-hybridized carbons (Fsp3) is 0.333. The molecule has 1 unspecified atom stereocenters. The minimum absolute atomic E-state index is 0.0114. The predicted molar refractivity (Wildman–Crippen MR) is 108 cm³/mol. The summed E-state index contributed by atoms with van der Waals surface area (Å²) in [5, 5.41) is 11.6. The van der Waals surface area contributed by atoms with E-state index in [0.29, 0.717) is 17.9 Å². The zero-order valence-electron chi connectivity index (χ0n) is 16.2. The minimum Gasteiger partial charge on any atom is -0.307 e. The second-order valence-corrected chi connectivity index (χ2v) is 9.33. The number of benzene rings is 2. The van der Waals surface area contributed by atoms with E-state index < -0.39 is 15.7 Å². The summed E-state index contributed by atoms with van der Waals surface area (Å²) in [7, 11) is -3.75. The van der Waals surface area contributed by atoms with E-state index in [9.17, 15) is 12.8 Å². The van der Waals surface area contributed by atoms with E-state index in [4.69, 9.17) is 0 Å². The third-order valence-electron chi connectivity index (χ3n) is 5.13. The molecule has 152 valence electrons. The highest BCUT2D eigenvalue weighted by Gasteiger charge is 2.30. The first-order valence-electron chi connectivity index (χ1n) is 9.61. The Bertz CT molecular complexity index is 1090. The van der Waals surface area contributed by atoms with Crippen molar-refractivity contribution in [2.75, 3.05) is 6.54 Å². The molecule has 1 atom stereocenters. The first-order valence-corrected chi connectivity index (χ1v) is 11.3. The maximum atomic E-state index is 13.2. The van der Waals surface area contributed by atoms with E-state index in [-0.39, 0.29) is 17.0 Å². The Hall–Kier alpha value is -2.58. The number of aromatic nitrogens is 3. The molecule has 6 nitrogen and oxygen atoms in total. The monoisotopic (exact) mass is 414 g/mol. The van der Waals surface area contributed by atoms with Gasteiger partial charge < -0.3 is 5.32 Å². The Labute approximate surface area is 169 Å². The number of hydrogen-bond donors (Lipinski definition) is 1. The van der Waals surface area contributed by atoms with Crippen molar-refractivity contribution in [2.24, 2.45) is 0 Å². The highest BCUT2D eigenvalue weighted by atomic mass is 32.2. The lowest BCUT2D eigenvalue weighted by molar-refractivity contribution is 0.535. The van der Waals surface area contributed by atoms with E-state index in [1.807, 2.05) is 31.2 Å². The molecular weight excluding hydrogens is 391 g/mol. The average Bonchev–Trinajstić information content (AvgIpc) is 3.35. The number of hydrogen-bond acceptors (Lipinski definition) is 5. The molecule has 4 rings (SSSR count). The molecule has 8 heteroatoms. The molecule has 2 heterocycles. The highest BCUT2D eigenvalue weighted by molar-refractivity contribution is 7.90. The van der Waals surface area contributed by atoms with Gasteiger partial charge in [-0.25, -0.2) is 12.8 Å². The van der Waals surface area contributed by atoms with Gasteiger partial charge in [-0.3, -0.25) is 4.57 Å². The van der Waals surface area contributed by atoms with Crippen molar-refractivity contribution >= 4 is 9.84 Å². The molecule has 1 saturated heterocycles. The van der Waals surface area contributed by atoms with Crippen molar-refractivity contribution in [1.82, 2.24) is 20.1 Å². The lowest BCUT2D eigenvalue weighted by Crippen LogP contribution is -2.21. The van der Waals surface area contributed by atoms with Crippen LogP contribution in [0.15, 0.2) is 53.7 Å². The van der Waals surface area contributed by atoms with Crippen LogP contribution < -0.4 is 5.32 Å². The highest BCUT2D eigenvalue weighted by Crippen LogP contribution is 2.26. The summed E-state index contributed by atoms with van der Waals surface area (Å²) < 4.78 is 41.2. The fourth-order valence-electron chi connectivity index (χ4n) is 3.58. The molecule has 0 spiro atoms. The van der Waals surface area contributed by atoms with Crippen LogP contribution in [0, 0.1) is 12.7 Å². The molecule has 0 aliphatic carbocycles. The standard InChI is InChI=1S/C21H23FN4O2S/c1-15-4-6-16(7-5-15)13-26-20(19-3-2-12-23-19)24-25-21(26)29(27,28)14-17-8-10-18(22)11-9-17/h4-11,19,23H,2-3,12-14H2,1H3. The smallest absolute Gasteiger partial charge is 0.250 e. The van der Waals surface area contributed by atoms with Gasteiger partial charge in [-0.05, 0) is 49.6 Å². The molecule has 1 aliphatic heterocycles. The van der Waals surface area contributed by atoms with Crippen molar-refractivity contribution in [3.8, 4) is 0 Å². The van der Waals surface area contributed by atoms with Crippen molar-refractivity contribution in [3.05, 3.63) is 76.9 Å². The molecule has 2 aromatic carbocycles. The van der Waals surface area contributed by atoms with Gasteiger partial charge in [-0.2, -0.15) is 0 Å². The predicted octanol–water partition coefficient (Wildman–Crippen LogP) is 3.17. The summed E-state index contributed by atoms with van der Waals surface area (Å²) in [4.78, 5) is 0. The second-order valence-electron chi connectivity index (χ2n) is 7.45. The summed E-state index contributed by atoms with van der Waals surface area (Å²) in [6.45, 7) is 3.26. The van der Waals surface area contributed by atoms with Gasteiger partial charge in [0.15, 0.2) is 5.82 Å². The summed E-state index contributed by atoms with van der Waals surface area (Å²) in [5.74, 6) is -0.0127. The lowest BCUT2D eigenvalue weighted by Gasteiger charge is -2.15. The Balaban J connectivity index is 1.71. The Morgan fingerprint density at radius 2 is 1.76 bits per heavy atom. The second kappa shape index (κ2) is 8.04. The zero-order valence-corrected chi connectivity index (χ0v) is 17.0. The Kier molecular flexibility index (Phi) is 5.47. The van der Waals surface area contributed by atoms with Gasteiger partial charge >= 0.3 is 0 Å². The summed E-state index contributed by atoms with van der Waals surface area (Å²) in [5.41, 5.74) is 2.63. The zero-order chi connectivity index (χ0) is 20.4. The third-order valence-corrected chi connectivity index (χ3v) is 6.70. The fourth-order valence-corrected chi connectivity index (χ4v) is 5.00. The Morgan fingerprint density at radius 3 is 2.41 bits per heavy atom. The molecule has 3 aromatic rings. The van der Waals surface area contributed by atoms with Crippen molar-refractivity contribution in [2.45, 2.75) is 43.3 Å². The number of nitrogens with zero attached hydrogens (tertiary/aromatic N) is 3. The number of aryl methyl sites for hydroxylation is 1. The molecular formula is C21H23FN4O2S. The minimum atomic E-state index is -3.75. The van der Waals surface area contributed by atoms with E-state index in [1.54, 1.807) is 4.57 Å². The normalized spacial score (nSPS) is 17.0. The van der Waals surface area contributed by atoms with Gasteiger partial charge in [-0.15, -0.1) is 10.2 Å². The third kappa shape index (κ3) is 4.38. The Morgan fingerprint density at radius 1 is 1.07 bits per heavy atom. The number of nitrogens with one attached hydrogen (secondary N) is 1. The van der Waals surface area contributed by atoms with Crippen LogP contribution in [0.2, 0.25) is 0 Å². The van der Waals surface area contributed by atoms with E-state index in [1.165, 1.54) is 24.3 Å². The number of rotatable bonds is 6. The van der Waals surface area contributed by atoms with Crippen LogP contribution in [0.3, 0.4) is 0 Å². The molecule has 1 N–H and O–H groups in total. The van der Waals surface area contributed by atoms with Crippen LogP contribution in [0.5, 0.6) is 0 Å². The lowest BCUT2D eigenvalue weighted by atomic mass is 10.1. The van der Waals surface area contributed by atoms with Crippen LogP contribution in [-0.2, 0) is 22.1 Å². The maximum Gasteiger partial charge on any atom is 0.250 e. The number of sulfone groups is 1. The van der Waals surface area contributed by atoms with Crippen molar-refractivity contribution in [3.63, 3.8) is 0 Å². The molecule has 1 fully saturated rings. The molecule has 1 aromatic heterocycles. The van der Waals surface area contributed by atoms with Gasteiger partial charge in [0.2, 0.25) is 15.0 Å². The molecule has 29 heavy (non-hydrogen) atoms. The van der Waals surface area contributed by atoms with E-state index in [0.717, 1.165) is 30.5 Å². The van der Waals surface area contributed by atoms with Crippen LogP contribution in [-0.4, -0.2) is 29.7 Å². The first-order chi connectivity index (χ1) is 13.9. The van der Waals surface area contributed by atoms with Gasteiger partial charge in [0.1, 0.15) is 5.82 Å². The van der Waals surface area contributed by atoms with Gasteiger partial charge in [-0.1, -0.05) is 42.0 Å². The summed E-state index contributed by atoms with van der Waals surface area (Å²) in [6, 6.07) is 13.4. The van der Waals surface area contributed by atoms with Gasteiger partial charge in [0.25, 0.3) is 0 Å². The van der Waals surface area contributed by atoms with Crippen molar-refractivity contribution < 1.29 is 12.8 Å². The molecule has 1 aliphatic rings. The molecule has 0 radical (unpaired) electrons. The van der Waals surface area contributed by atoms with Crippen LogP contribution >= 0.6 is 0 Å². The van der Waals surface area contributed by atoms with E-state index in [2.05, 4.69) is 15.5 Å². The largest absolute Gasteiger partial charge is 0.307 e. The topological polar surface area (TPSA) is 76.9 Å². The van der Waals surface area contributed by atoms with Gasteiger partial charge in [0.05, 0.1) is 18.3 Å². The van der Waals surface area contributed by atoms with E-state index >= 15 is 0 Å². The molecule has 0 bridgehead atoms. The van der Waals surface area contributed by atoms with Crippen molar-refractivity contribution in [1.29, 1.82) is 0 Å². The van der Waals surface area contributed by atoms with Crippen LogP contribution in [0.4, 0.5) is 4.39 Å². The molecule has 0 amide bonds. The number of halogens is 1. The van der Waals surface area contributed by atoms with Crippen LogP contribution in [0.25, 0.3) is 0 Å². The molecule has 0 saturated carbocycles. The SMILES string of the molecule is Cc1ccc(Cn2c(C3CCCN3)nnc2S(=O)(=O)Cc2ccc(F)cc2)cc1. The maximum absolute atomic E-state index is 13.2. The van der Waals surface area contributed by atoms with Gasteiger partial charge in [0, 0.05) is 0 Å². The van der Waals surface area contributed by atoms with Crippen LogP contribution in [0.1, 0.15) is 41.4 Å². The summed E-state index contributed by atoms with van der Waals surface area (Å²) >= 11 is 0. The quantitative estimate of drug-likeness (QED) is 0.670. The first kappa shape index (κ1) is 19.7. The summed E-state index contributed by atoms with van der Waals surface area (Å²) in [6.07, 6.45) is 1.91.